The molecule has 2 aromatic heterocycles. The van der Waals surface area contributed by atoms with E-state index >= 15 is 0 Å². The monoisotopic (exact) mass is 378 g/mol. The minimum Gasteiger partial charge on any atom is -0.496 e. The van der Waals surface area contributed by atoms with E-state index in [1.807, 2.05) is 0 Å². The first-order chi connectivity index (χ1) is 11.9. The number of aromatic nitrogens is 1. The van der Waals surface area contributed by atoms with E-state index in [-0.39, 0.29) is 21.6 Å². The molecule has 0 aliphatic carbocycles. The van der Waals surface area contributed by atoms with Crippen molar-refractivity contribution in [3.05, 3.63) is 52.3 Å². The molecule has 0 atom stereocenters. The molecule has 0 aliphatic heterocycles. The molecule has 0 fully saturated rings. The number of hydrogen-bond donors (Lipinski definition) is 0. The molecule has 3 rings (SSSR count). The van der Waals surface area contributed by atoms with E-state index in [0.29, 0.717) is 16.7 Å². The van der Waals surface area contributed by atoms with Crippen LogP contribution >= 0.6 is 23.2 Å². The fourth-order valence-electron chi connectivity index (χ4n) is 2.39. The molecule has 0 unspecified atom stereocenters. The number of carbonyl (C=O) groups is 2. The molecular weight excluding hydrogens is 367 g/mol. The van der Waals surface area contributed by atoms with Crippen molar-refractivity contribution in [1.29, 1.82) is 0 Å². The van der Waals surface area contributed by atoms with Crippen molar-refractivity contribution < 1.29 is 18.7 Å². The number of imide groups is 1. The Morgan fingerprint density at radius 2 is 2.00 bits per heavy atom. The van der Waals surface area contributed by atoms with E-state index in [1.165, 1.54) is 32.4 Å². The number of pyridine rings is 1. The summed E-state index contributed by atoms with van der Waals surface area (Å²) in [7, 11) is 1.52. The smallest absolute Gasteiger partial charge is 0.302 e. The zero-order chi connectivity index (χ0) is 18.1. The number of methoxy groups -OCH3 is 1. The fraction of sp³-hybridized carbons (Fsp3) is 0.118. The maximum absolute atomic E-state index is 12.8. The molecule has 8 heteroatoms. The second-order valence-electron chi connectivity index (χ2n) is 5.10. The van der Waals surface area contributed by atoms with Gasteiger partial charge in [0.1, 0.15) is 11.3 Å². The number of halogens is 2. The van der Waals surface area contributed by atoms with Gasteiger partial charge in [-0.15, -0.1) is 0 Å². The lowest BCUT2D eigenvalue weighted by atomic mass is 10.2. The van der Waals surface area contributed by atoms with Gasteiger partial charge in [0.2, 0.25) is 5.91 Å². The van der Waals surface area contributed by atoms with Gasteiger partial charge in [0.05, 0.1) is 22.5 Å². The second-order valence-corrected chi connectivity index (χ2v) is 5.94. The first-order valence-corrected chi connectivity index (χ1v) is 7.90. The zero-order valence-electron chi connectivity index (χ0n) is 13.2. The van der Waals surface area contributed by atoms with Gasteiger partial charge in [0.15, 0.2) is 11.6 Å². The quantitative estimate of drug-likeness (QED) is 0.677. The van der Waals surface area contributed by atoms with Gasteiger partial charge < -0.3 is 9.15 Å². The number of rotatable bonds is 3. The lowest BCUT2D eigenvalue weighted by Gasteiger charge is -2.17. The molecule has 2 heterocycles. The number of amides is 2. The van der Waals surface area contributed by atoms with Crippen LogP contribution in [0.4, 0.5) is 5.82 Å². The zero-order valence-corrected chi connectivity index (χ0v) is 14.8. The summed E-state index contributed by atoms with van der Waals surface area (Å²) in [5.41, 5.74) is 0.460. The molecule has 0 saturated carbocycles. The SMILES string of the molecule is COc1cccc2oc(C(=O)N(C(C)=O)c3ncc(Cl)cc3Cl)cc12. The minimum atomic E-state index is -0.692. The number of ether oxygens (including phenoxy) is 1. The molecule has 0 aliphatic rings. The highest BCUT2D eigenvalue weighted by atomic mass is 35.5. The number of anilines is 1. The molecule has 2 amide bonds. The number of fused-ring (bicyclic) bond motifs is 1. The normalized spacial score (nSPS) is 10.7. The Labute approximate surface area is 152 Å². The number of hydrogen-bond acceptors (Lipinski definition) is 5. The summed E-state index contributed by atoms with van der Waals surface area (Å²) in [5, 5.41) is 0.981. The standard InChI is InChI=1S/C17H12Cl2N2O4/c1-9(22)21(16-12(19)6-10(18)8-20-16)17(23)15-7-11-13(24-2)4-3-5-14(11)25-15/h3-8H,1-2H3. The third-order valence-corrected chi connectivity index (χ3v) is 3.96. The Morgan fingerprint density at radius 3 is 2.64 bits per heavy atom. The van der Waals surface area contributed by atoms with Gasteiger partial charge in [-0.25, -0.2) is 9.88 Å². The molecular formula is C17H12Cl2N2O4. The van der Waals surface area contributed by atoms with Crippen LogP contribution in [0.3, 0.4) is 0 Å². The number of benzene rings is 1. The van der Waals surface area contributed by atoms with Gasteiger partial charge in [-0.05, 0) is 18.2 Å². The average molecular weight is 379 g/mol. The van der Waals surface area contributed by atoms with Crippen molar-refractivity contribution >= 4 is 51.8 Å². The maximum Gasteiger partial charge on any atom is 0.302 e. The number of carbonyl (C=O) groups excluding carboxylic acids is 2. The molecule has 0 radical (unpaired) electrons. The fourth-order valence-corrected chi connectivity index (χ4v) is 2.85. The van der Waals surface area contributed by atoms with Gasteiger partial charge >= 0.3 is 5.91 Å². The van der Waals surface area contributed by atoms with Crippen molar-refractivity contribution in [2.75, 3.05) is 12.0 Å². The van der Waals surface area contributed by atoms with Crippen LogP contribution < -0.4 is 9.64 Å². The number of furan rings is 1. The third kappa shape index (κ3) is 3.18. The maximum atomic E-state index is 12.8. The summed E-state index contributed by atoms with van der Waals surface area (Å²) >= 11 is 11.9. The minimum absolute atomic E-state index is 0.0176. The van der Waals surface area contributed by atoms with Crippen LogP contribution in [0.5, 0.6) is 5.75 Å². The lowest BCUT2D eigenvalue weighted by molar-refractivity contribution is -0.116. The van der Waals surface area contributed by atoms with Crippen LogP contribution in [0.2, 0.25) is 10.0 Å². The summed E-state index contributed by atoms with van der Waals surface area (Å²) in [6, 6.07) is 8.08. The first kappa shape index (κ1) is 17.3. The molecule has 1 aromatic carbocycles. The van der Waals surface area contributed by atoms with E-state index in [0.717, 1.165) is 4.90 Å². The van der Waals surface area contributed by atoms with Crippen molar-refractivity contribution in [2.24, 2.45) is 0 Å². The molecule has 25 heavy (non-hydrogen) atoms. The first-order valence-electron chi connectivity index (χ1n) is 7.15. The van der Waals surface area contributed by atoms with Crippen LogP contribution in [-0.2, 0) is 4.79 Å². The van der Waals surface area contributed by atoms with Crippen molar-refractivity contribution in [3.63, 3.8) is 0 Å². The predicted octanol–water partition coefficient (Wildman–Crippen LogP) is 4.34. The highest BCUT2D eigenvalue weighted by Crippen LogP contribution is 2.31. The topological polar surface area (TPSA) is 72.6 Å². The summed E-state index contributed by atoms with van der Waals surface area (Å²) in [5.74, 6) is -0.757. The van der Waals surface area contributed by atoms with Crippen LogP contribution in [0.1, 0.15) is 17.5 Å². The Hall–Kier alpha value is -2.57. The van der Waals surface area contributed by atoms with E-state index in [1.54, 1.807) is 18.2 Å². The molecule has 0 saturated heterocycles. The van der Waals surface area contributed by atoms with Gasteiger partial charge in [0.25, 0.3) is 0 Å². The predicted molar refractivity (Wildman–Crippen MR) is 94.5 cm³/mol. The van der Waals surface area contributed by atoms with Gasteiger partial charge in [-0.2, -0.15) is 0 Å². The van der Waals surface area contributed by atoms with Gasteiger partial charge in [-0.3, -0.25) is 9.59 Å². The van der Waals surface area contributed by atoms with Crippen LogP contribution in [0, 0.1) is 0 Å². The summed E-state index contributed by atoms with van der Waals surface area (Å²) in [4.78, 5) is 29.7. The lowest BCUT2D eigenvalue weighted by Crippen LogP contribution is -2.35. The van der Waals surface area contributed by atoms with Crippen molar-refractivity contribution in [2.45, 2.75) is 6.92 Å². The van der Waals surface area contributed by atoms with Crippen LogP contribution in [0.15, 0.2) is 40.9 Å². The molecule has 0 spiro atoms. The molecule has 6 nitrogen and oxygen atoms in total. The summed E-state index contributed by atoms with van der Waals surface area (Å²) in [6.07, 6.45) is 1.30. The van der Waals surface area contributed by atoms with E-state index in [9.17, 15) is 9.59 Å². The third-order valence-electron chi connectivity index (χ3n) is 3.47. The molecule has 0 N–H and O–H groups in total. The van der Waals surface area contributed by atoms with Crippen molar-refractivity contribution in [3.8, 4) is 5.75 Å². The Balaban J connectivity index is 2.09. The summed E-state index contributed by atoms with van der Waals surface area (Å²) in [6.45, 7) is 1.23. The van der Waals surface area contributed by atoms with Crippen molar-refractivity contribution in [1.82, 2.24) is 4.98 Å². The number of nitrogens with zero attached hydrogens (tertiary/aromatic N) is 2. The molecule has 3 aromatic rings. The highest BCUT2D eigenvalue weighted by molar-refractivity contribution is 6.37. The van der Waals surface area contributed by atoms with Gasteiger partial charge in [0, 0.05) is 19.2 Å². The Bertz CT molecular complexity index is 984. The highest BCUT2D eigenvalue weighted by Gasteiger charge is 2.28. The summed E-state index contributed by atoms with van der Waals surface area (Å²) < 4.78 is 10.8. The second kappa shape index (κ2) is 6.74. The Kier molecular flexibility index (Phi) is 4.65. The molecule has 0 bridgehead atoms. The molecule has 128 valence electrons. The largest absolute Gasteiger partial charge is 0.496 e. The Morgan fingerprint density at radius 1 is 1.24 bits per heavy atom. The van der Waals surface area contributed by atoms with E-state index in [2.05, 4.69) is 4.98 Å². The van der Waals surface area contributed by atoms with Crippen LogP contribution in [0.25, 0.3) is 11.0 Å². The average Bonchev–Trinajstić information content (AvgIpc) is 3.00. The van der Waals surface area contributed by atoms with Crippen LogP contribution in [-0.4, -0.2) is 23.9 Å². The van der Waals surface area contributed by atoms with E-state index in [4.69, 9.17) is 32.4 Å². The van der Waals surface area contributed by atoms with E-state index < -0.39 is 11.8 Å². The van der Waals surface area contributed by atoms with Gasteiger partial charge in [-0.1, -0.05) is 29.3 Å².